The Morgan fingerprint density at radius 1 is 1.03 bits per heavy atom. The van der Waals surface area contributed by atoms with E-state index in [0.29, 0.717) is 51.6 Å². The van der Waals surface area contributed by atoms with Crippen LogP contribution in [0.15, 0.2) is 53.4 Å². The van der Waals surface area contributed by atoms with Gasteiger partial charge in [0, 0.05) is 45.3 Å². The van der Waals surface area contributed by atoms with Crippen molar-refractivity contribution in [2.45, 2.75) is 11.0 Å². The largest absolute Gasteiger partial charge is 0.370 e. The number of hydrogen-bond acceptors (Lipinski definition) is 7. The zero-order chi connectivity index (χ0) is 22.0. The van der Waals surface area contributed by atoms with Crippen LogP contribution in [0.1, 0.15) is 11.7 Å². The molecule has 0 spiro atoms. The van der Waals surface area contributed by atoms with Crippen molar-refractivity contribution in [1.82, 2.24) is 9.21 Å². The fourth-order valence-electron chi connectivity index (χ4n) is 3.99. The molecule has 0 amide bonds. The Morgan fingerprint density at radius 3 is 2.42 bits per heavy atom. The van der Waals surface area contributed by atoms with Gasteiger partial charge in [-0.2, -0.15) is 4.31 Å². The Morgan fingerprint density at radius 2 is 1.74 bits per heavy atom. The molecule has 1 atom stereocenters. The van der Waals surface area contributed by atoms with Gasteiger partial charge < -0.3 is 14.5 Å². The quantitative estimate of drug-likeness (QED) is 0.513. The molecule has 166 valence electrons. The standard InChI is InChI=1S/C21H26N4O5S/c1-22-9-11-24(12-10-22)31(28,29)18-7-8-19(20(15-18)25(26)27)23-13-14-30-21(16-23)17-5-3-2-4-6-17/h2-8,15,21H,9-14,16H2,1H3. The van der Waals surface area contributed by atoms with Gasteiger partial charge in [0.05, 0.1) is 16.4 Å². The molecule has 2 saturated heterocycles. The second kappa shape index (κ2) is 8.91. The number of piperazine rings is 1. The van der Waals surface area contributed by atoms with Crippen LogP contribution in [0.5, 0.6) is 0 Å². The maximum Gasteiger partial charge on any atom is 0.293 e. The van der Waals surface area contributed by atoms with Gasteiger partial charge in [0.1, 0.15) is 11.8 Å². The molecule has 31 heavy (non-hydrogen) atoms. The number of anilines is 1. The third-order valence-corrected chi connectivity index (χ3v) is 7.72. The number of benzene rings is 2. The molecule has 2 aliphatic rings. The van der Waals surface area contributed by atoms with Crippen LogP contribution in [0, 0.1) is 10.1 Å². The SMILES string of the molecule is CN1CCN(S(=O)(=O)c2ccc(N3CCOC(c4ccccc4)C3)c([N+](=O)[O-])c2)CC1. The Hall–Kier alpha value is -2.53. The predicted octanol–water partition coefficient (Wildman–Crippen LogP) is 2.11. The lowest BCUT2D eigenvalue weighted by molar-refractivity contribution is -0.384. The second-order valence-electron chi connectivity index (χ2n) is 7.83. The number of hydrogen-bond donors (Lipinski definition) is 0. The summed E-state index contributed by atoms with van der Waals surface area (Å²) >= 11 is 0. The molecule has 0 aliphatic carbocycles. The predicted molar refractivity (Wildman–Crippen MR) is 117 cm³/mol. The van der Waals surface area contributed by atoms with E-state index in [4.69, 9.17) is 4.74 Å². The van der Waals surface area contributed by atoms with Gasteiger partial charge in [0.25, 0.3) is 5.69 Å². The first-order valence-corrected chi connectivity index (χ1v) is 11.7. The zero-order valence-corrected chi connectivity index (χ0v) is 18.2. The number of nitro groups is 1. The summed E-state index contributed by atoms with van der Waals surface area (Å²) in [6, 6.07) is 13.9. The second-order valence-corrected chi connectivity index (χ2v) is 9.77. The summed E-state index contributed by atoms with van der Waals surface area (Å²) < 4.78 is 33.3. The highest BCUT2D eigenvalue weighted by Gasteiger charge is 2.32. The van der Waals surface area contributed by atoms with Gasteiger partial charge in [-0.3, -0.25) is 10.1 Å². The molecule has 10 heteroatoms. The number of nitrogens with zero attached hydrogens (tertiary/aromatic N) is 4. The first-order valence-electron chi connectivity index (χ1n) is 10.2. The van der Waals surface area contributed by atoms with Crippen molar-refractivity contribution in [3.05, 3.63) is 64.2 Å². The van der Waals surface area contributed by atoms with Crippen molar-refractivity contribution in [2.75, 3.05) is 57.8 Å². The van der Waals surface area contributed by atoms with Crippen LogP contribution in [-0.2, 0) is 14.8 Å². The molecule has 9 nitrogen and oxygen atoms in total. The van der Waals surface area contributed by atoms with Gasteiger partial charge in [-0.25, -0.2) is 8.42 Å². The van der Waals surface area contributed by atoms with E-state index in [1.165, 1.54) is 16.4 Å². The van der Waals surface area contributed by atoms with Crippen molar-refractivity contribution in [1.29, 1.82) is 0 Å². The minimum atomic E-state index is -3.78. The number of ether oxygens (including phenoxy) is 1. The van der Waals surface area contributed by atoms with Gasteiger partial charge in [-0.1, -0.05) is 30.3 Å². The molecule has 1 unspecified atom stereocenters. The molecule has 0 bridgehead atoms. The summed E-state index contributed by atoms with van der Waals surface area (Å²) in [5.74, 6) is 0. The average Bonchev–Trinajstić information content (AvgIpc) is 2.79. The highest BCUT2D eigenvalue weighted by Crippen LogP contribution is 2.35. The van der Waals surface area contributed by atoms with Crippen molar-refractivity contribution in [2.24, 2.45) is 0 Å². The third-order valence-electron chi connectivity index (χ3n) is 5.82. The summed E-state index contributed by atoms with van der Waals surface area (Å²) in [7, 11) is -1.84. The van der Waals surface area contributed by atoms with Crippen LogP contribution >= 0.6 is 0 Å². The fourth-order valence-corrected chi connectivity index (χ4v) is 5.44. The highest BCUT2D eigenvalue weighted by molar-refractivity contribution is 7.89. The molecule has 0 N–H and O–H groups in total. The van der Waals surface area contributed by atoms with Crippen LogP contribution in [0.3, 0.4) is 0 Å². The Balaban J connectivity index is 1.61. The first-order chi connectivity index (χ1) is 14.9. The van der Waals surface area contributed by atoms with Crippen molar-refractivity contribution >= 4 is 21.4 Å². The Labute approximate surface area is 182 Å². The summed E-state index contributed by atoms with van der Waals surface area (Å²) in [6.45, 7) is 3.39. The third kappa shape index (κ3) is 4.57. The highest BCUT2D eigenvalue weighted by atomic mass is 32.2. The Bertz CT molecular complexity index is 1040. The lowest BCUT2D eigenvalue weighted by Gasteiger charge is -2.34. The number of sulfonamides is 1. The zero-order valence-electron chi connectivity index (χ0n) is 17.4. The minimum Gasteiger partial charge on any atom is -0.370 e. The number of morpholine rings is 1. The Kier molecular flexibility index (Phi) is 6.24. The molecule has 4 rings (SSSR count). The first kappa shape index (κ1) is 21.7. The van der Waals surface area contributed by atoms with E-state index >= 15 is 0 Å². The van der Waals surface area contributed by atoms with Crippen LogP contribution in [-0.4, -0.2) is 75.5 Å². The number of rotatable bonds is 5. The van der Waals surface area contributed by atoms with Crippen LogP contribution < -0.4 is 4.90 Å². The van der Waals surface area contributed by atoms with E-state index in [1.54, 1.807) is 6.07 Å². The van der Waals surface area contributed by atoms with Gasteiger partial charge in [-0.15, -0.1) is 0 Å². The van der Waals surface area contributed by atoms with Crippen LogP contribution in [0.2, 0.25) is 0 Å². The van der Waals surface area contributed by atoms with Crippen LogP contribution in [0.25, 0.3) is 0 Å². The van der Waals surface area contributed by atoms with E-state index in [9.17, 15) is 18.5 Å². The van der Waals surface area contributed by atoms with Gasteiger partial charge in [0.2, 0.25) is 10.0 Å². The molecule has 0 aromatic heterocycles. The van der Waals surface area contributed by atoms with E-state index in [1.807, 2.05) is 42.3 Å². The molecule has 2 aromatic rings. The molecule has 2 fully saturated rings. The van der Waals surface area contributed by atoms with E-state index in [0.717, 1.165) is 5.56 Å². The smallest absolute Gasteiger partial charge is 0.293 e. The van der Waals surface area contributed by atoms with E-state index in [2.05, 4.69) is 4.90 Å². The summed E-state index contributed by atoms with van der Waals surface area (Å²) in [5.41, 5.74) is 1.21. The van der Waals surface area contributed by atoms with Crippen molar-refractivity contribution < 1.29 is 18.1 Å². The normalized spacial score (nSPS) is 21.2. The molecule has 0 saturated carbocycles. The maximum atomic E-state index is 13.0. The fraction of sp³-hybridized carbons (Fsp3) is 0.429. The topological polar surface area (TPSA) is 96.2 Å². The van der Waals surface area contributed by atoms with Crippen molar-refractivity contribution in [3.63, 3.8) is 0 Å². The molecule has 0 radical (unpaired) electrons. The number of likely N-dealkylation sites (N-methyl/N-ethyl adjacent to an activating group) is 1. The molecule has 2 aliphatic heterocycles. The lowest BCUT2D eigenvalue weighted by atomic mass is 10.1. The molecular formula is C21H26N4O5S. The van der Waals surface area contributed by atoms with E-state index < -0.39 is 14.9 Å². The van der Waals surface area contributed by atoms with Crippen molar-refractivity contribution in [3.8, 4) is 0 Å². The lowest BCUT2D eigenvalue weighted by Crippen LogP contribution is -2.47. The average molecular weight is 447 g/mol. The summed E-state index contributed by atoms with van der Waals surface area (Å²) in [5, 5.41) is 11.8. The molecule has 2 heterocycles. The van der Waals surface area contributed by atoms with E-state index in [-0.39, 0.29) is 16.7 Å². The monoisotopic (exact) mass is 446 g/mol. The minimum absolute atomic E-state index is 0.0413. The molecular weight excluding hydrogens is 420 g/mol. The summed E-state index contributed by atoms with van der Waals surface area (Å²) in [4.78, 5) is 15.2. The van der Waals surface area contributed by atoms with Gasteiger partial charge >= 0.3 is 0 Å². The molecule has 2 aromatic carbocycles. The van der Waals surface area contributed by atoms with Crippen LogP contribution in [0.4, 0.5) is 11.4 Å². The maximum absolute atomic E-state index is 13.0. The van der Waals surface area contributed by atoms with Gasteiger partial charge in [-0.05, 0) is 24.7 Å². The van der Waals surface area contributed by atoms with Gasteiger partial charge in [0.15, 0.2) is 0 Å². The number of nitro benzene ring substituents is 1. The summed E-state index contributed by atoms with van der Waals surface area (Å²) in [6.07, 6.45) is -0.205.